The van der Waals surface area contributed by atoms with Crippen molar-refractivity contribution in [1.82, 2.24) is 9.55 Å². The highest BCUT2D eigenvalue weighted by Gasteiger charge is 2.09. The van der Waals surface area contributed by atoms with Crippen LogP contribution in [0.5, 0.6) is 0 Å². The van der Waals surface area contributed by atoms with Crippen LogP contribution in [0.3, 0.4) is 0 Å². The van der Waals surface area contributed by atoms with E-state index in [0.717, 1.165) is 12.0 Å². The standard InChI is InChI=1S/C22H22N2O3/c1-3-27-21(25)12-10-18-9-11-19-20(15-18)23-16(2)24(22(19)26)14-13-17-7-5-4-6-8-17/h4-12,15H,3,13-14H2,1-2H3/b12-10+. The Hall–Kier alpha value is -3.21. The van der Waals surface area contributed by atoms with E-state index in [1.807, 2.05) is 25.1 Å². The fourth-order valence-electron chi connectivity index (χ4n) is 2.96. The molecule has 0 aliphatic rings. The Kier molecular flexibility index (Phi) is 5.81. The van der Waals surface area contributed by atoms with E-state index in [1.54, 1.807) is 35.8 Å². The molecule has 0 fully saturated rings. The number of hydrogen-bond acceptors (Lipinski definition) is 4. The summed E-state index contributed by atoms with van der Waals surface area (Å²) in [5.74, 6) is 0.285. The van der Waals surface area contributed by atoms with Crippen molar-refractivity contribution in [3.63, 3.8) is 0 Å². The van der Waals surface area contributed by atoms with E-state index in [9.17, 15) is 9.59 Å². The van der Waals surface area contributed by atoms with Gasteiger partial charge in [-0.3, -0.25) is 9.36 Å². The maximum absolute atomic E-state index is 12.9. The first kappa shape index (κ1) is 18.6. The van der Waals surface area contributed by atoms with E-state index in [1.165, 1.54) is 11.6 Å². The summed E-state index contributed by atoms with van der Waals surface area (Å²) in [5, 5.41) is 0.571. The van der Waals surface area contributed by atoms with E-state index < -0.39 is 5.97 Å². The molecule has 5 heteroatoms. The van der Waals surface area contributed by atoms with Crippen LogP contribution in [-0.4, -0.2) is 22.1 Å². The predicted molar refractivity (Wildman–Crippen MR) is 107 cm³/mol. The predicted octanol–water partition coefficient (Wildman–Crippen LogP) is 3.52. The van der Waals surface area contributed by atoms with Crippen molar-refractivity contribution in [3.8, 4) is 0 Å². The highest BCUT2D eigenvalue weighted by Crippen LogP contribution is 2.13. The van der Waals surface area contributed by atoms with Crippen molar-refractivity contribution in [3.05, 3.63) is 81.9 Å². The third-order valence-corrected chi connectivity index (χ3v) is 4.34. The van der Waals surface area contributed by atoms with Gasteiger partial charge in [-0.05, 0) is 49.6 Å². The molecule has 0 saturated heterocycles. The first-order valence-corrected chi connectivity index (χ1v) is 8.98. The topological polar surface area (TPSA) is 61.2 Å². The van der Waals surface area contributed by atoms with Gasteiger partial charge in [0.15, 0.2) is 0 Å². The van der Waals surface area contributed by atoms with Crippen molar-refractivity contribution < 1.29 is 9.53 Å². The van der Waals surface area contributed by atoms with Gasteiger partial charge in [0.1, 0.15) is 5.82 Å². The van der Waals surface area contributed by atoms with Gasteiger partial charge in [-0.15, -0.1) is 0 Å². The Balaban J connectivity index is 1.87. The van der Waals surface area contributed by atoms with Gasteiger partial charge in [-0.2, -0.15) is 0 Å². The molecular formula is C22H22N2O3. The Morgan fingerprint density at radius 2 is 1.96 bits per heavy atom. The molecule has 27 heavy (non-hydrogen) atoms. The third kappa shape index (κ3) is 4.50. The van der Waals surface area contributed by atoms with Gasteiger partial charge in [-0.1, -0.05) is 36.4 Å². The number of carbonyl (C=O) groups is 1. The molecular weight excluding hydrogens is 340 g/mol. The lowest BCUT2D eigenvalue weighted by molar-refractivity contribution is -0.137. The number of esters is 1. The molecule has 0 spiro atoms. The SMILES string of the molecule is CCOC(=O)/C=C/c1ccc2c(=O)n(CCc3ccccc3)c(C)nc2c1. The lowest BCUT2D eigenvalue weighted by Crippen LogP contribution is -2.24. The van der Waals surface area contributed by atoms with Gasteiger partial charge < -0.3 is 4.74 Å². The van der Waals surface area contributed by atoms with Gasteiger partial charge in [0.25, 0.3) is 5.56 Å². The molecule has 0 aliphatic carbocycles. The van der Waals surface area contributed by atoms with Crippen LogP contribution in [0.4, 0.5) is 0 Å². The summed E-state index contributed by atoms with van der Waals surface area (Å²) in [4.78, 5) is 28.9. The number of aromatic nitrogens is 2. The van der Waals surface area contributed by atoms with Crippen LogP contribution in [0.15, 0.2) is 59.4 Å². The first-order valence-electron chi connectivity index (χ1n) is 8.98. The number of benzene rings is 2. The van der Waals surface area contributed by atoms with Gasteiger partial charge in [0.2, 0.25) is 0 Å². The monoisotopic (exact) mass is 362 g/mol. The molecule has 5 nitrogen and oxygen atoms in total. The largest absolute Gasteiger partial charge is 0.463 e. The summed E-state index contributed by atoms with van der Waals surface area (Å²) in [6, 6.07) is 15.4. The minimum atomic E-state index is -0.391. The second-order valence-corrected chi connectivity index (χ2v) is 6.21. The smallest absolute Gasteiger partial charge is 0.330 e. The van der Waals surface area contributed by atoms with Gasteiger partial charge in [0, 0.05) is 12.6 Å². The first-order chi connectivity index (χ1) is 13.1. The van der Waals surface area contributed by atoms with Gasteiger partial charge >= 0.3 is 5.97 Å². The minimum Gasteiger partial charge on any atom is -0.463 e. The summed E-state index contributed by atoms with van der Waals surface area (Å²) in [6.45, 7) is 4.52. The maximum atomic E-state index is 12.9. The van der Waals surface area contributed by atoms with Crippen LogP contribution in [-0.2, 0) is 22.5 Å². The Morgan fingerprint density at radius 1 is 1.19 bits per heavy atom. The number of ether oxygens (including phenoxy) is 1. The molecule has 2 aromatic carbocycles. The van der Waals surface area contributed by atoms with Crippen LogP contribution in [0.2, 0.25) is 0 Å². The number of hydrogen-bond donors (Lipinski definition) is 0. The van der Waals surface area contributed by atoms with E-state index in [-0.39, 0.29) is 5.56 Å². The van der Waals surface area contributed by atoms with Crippen molar-refractivity contribution in [1.29, 1.82) is 0 Å². The number of nitrogens with zero attached hydrogens (tertiary/aromatic N) is 2. The van der Waals surface area contributed by atoms with Crippen molar-refractivity contribution in [2.24, 2.45) is 0 Å². The molecule has 0 N–H and O–H groups in total. The normalized spacial score (nSPS) is 11.2. The molecule has 1 aromatic heterocycles. The van der Waals surface area contributed by atoms with E-state index in [4.69, 9.17) is 4.74 Å². The fraction of sp³-hybridized carbons (Fsp3) is 0.227. The van der Waals surface area contributed by atoms with Crippen molar-refractivity contribution in [2.75, 3.05) is 6.61 Å². The number of fused-ring (bicyclic) bond motifs is 1. The van der Waals surface area contributed by atoms with Crippen LogP contribution < -0.4 is 5.56 Å². The molecule has 3 aromatic rings. The summed E-state index contributed by atoms with van der Waals surface area (Å²) < 4.78 is 6.59. The zero-order valence-corrected chi connectivity index (χ0v) is 15.5. The molecule has 0 atom stereocenters. The minimum absolute atomic E-state index is 0.0469. The highest BCUT2D eigenvalue weighted by molar-refractivity contribution is 5.88. The molecule has 138 valence electrons. The molecule has 0 unspecified atom stereocenters. The molecule has 0 saturated carbocycles. The van der Waals surface area contributed by atoms with E-state index in [2.05, 4.69) is 17.1 Å². The lowest BCUT2D eigenvalue weighted by atomic mass is 10.1. The fourth-order valence-corrected chi connectivity index (χ4v) is 2.96. The summed E-state index contributed by atoms with van der Waals surface area (Å²) >= 11 is 0. The van der Waals surface area contributed by atoms with Crippen LogP contribution in [0.1, 0.15) is 23.9 Å². The quantitative estimate of drug-likeness (QED) is 0.497. The number of carbonyl (C=O) groups excluding carboxylic acids is 1. The molecule has 3 rings (SSSR count). The molecule has 1 heterocycles. The van der Waals surface area contributed by atoms with Crippen LogP contribution in [0, 0.1) is 6.92 Å². The van der Waals surface area contributed by atoms with Crippen LogP contribution >= 0.6 is 0 Å². The Morgan fingerprint density at radius 3 is 2.70 bits per heavy atom. The zero-order valence-electron chi connectivity index (χ0n) is 15.5. The third-order valence-electron chi connectivity index (χ3n) is 4.34. The summed E-state index contributed by atoms with van der Waals surface area (Å²) in [7, 11) is 0. The molecule has 0 bridgehead atoms. The second kappa shape index (κ2) is 8.45. The average molecular weight is 362 g/mol. The average Bonchev–Trinajstić information content (AvgIpc) is 2.67. The molecule has 0 aliphatic heterocycles. The second-order valence-electron chi connectivity index (χ2n) is 6.21. The Bertz CT molecular complexity index is 1040. The molecule has 0 radical (unpaired) electrons. The van der Waals surface area contributed by atoms with Crippen molar-refractivity contribution >= 4 is 22.9 Å². The number of rotatable bonds is 6. The zero-order chi connectivity index (χ0) is 19.2. The van der Waals surface area contributed by atoms with E-state index in [0.29, 0.717) is 29.9 Å². The summed E-state index contributed by atoms with van der Waals surface area (Å²) in [5.41, 5.74) is 2.56. The number of aryl methyl sites for hydroxylation is 2. The maximum Gasteiger partial charge on any atom is 0.330 e. The van der Waals surface area contributed by atoms with Crippen LogP contribution in [0.25, 0.3) is 17.0 Å². The molecule has 0 amide bonds. The lowest BCUT2D eigenvalue weighted by Gasteiger charge is -2.11. The Labute approximate surface area is 157 Å². The van der Waals surface area contributed by atoms with E-state index >= 15 is 0 Å². The highest BCUT2D eigenvalue weighted by atomic mass is 16.5. The summed E-state index contributed by atoms with van der Waals surface area (Å²) in [6.07, 6.45) is 3.81. The van der Waals surface area contributed by atoms with Gasteiger partial charge in [0.05, 0.1) is 17.5 Å². The van der Waals surface area contributed by atoms with Gasteiger partial charge in [-0.25, -0.2) is 9.78 Å². The van der Waals surface area contributed by atoms with Crippen molar-refractivity contribution in [2.45, 2.75) is 26.8 Å².